The number of amides is 1. The van der Waals surface area contributed by atoms with Gasteiger partial charge in [-0.2, -0.15) is 0 Å². The lowest BCUT2D eigenvalue weighted by molar-refractivity contribution is -0.114. The maximum absolute atomic E-state index is 13.2. The van der Waals surface area contributed by atoms with Crippen LogP contribution < -0.4 is 10.1 Å². The lowest BCUT2D eigenvalue weighted by Crippen LogP contribution is -2.07. The van der Waals surface area contributed by atoms with Gasteiger partial charge >= 0.3 is 0 Å². The molecule has 0 radical (unpaired) electrons. The van der Waals surface area contributed by atoms with Crippen molar-refractivity contribution >= 4 is 11.6 Å². The Morgan fingerprint density at radius 2 is 2.14 bits per heavy atom. The monoisotopic (exact) mass is 305 g/mol. The van der Waals surface area contributed by atoms with Gasteiger partial charge in [-0.3, -0.25) is 4.79 Å². The van der Waals surface area contributed by atoms with Gasteiger partial charge in [0.25, 0.3) is 0 Å². The summed E-state index contributed by atoms with van der Waals surface area (Å²) in [5.74, 6) is -0.464. The van der Waals surface area contributed by atoms with Crippen molar-refractivity contribution in [2.45, 2.75) is 27.2 Å². The summed E-state index contributed by atoms with van der Waals surface area (Å²) in [5, 5.41) is 12.3. The van der Waals surface area contributed by atoms with E-state index in [0.717, 1.165) is 6.42 Å². The third kappa shape index (κ3) is 5.83. The summed E-state index contributed by atoms with van der Waals surface area (Å²) < 4.78 is 18.6. The smallest absolute Gasteiger partial charge is 0.221 e. The molecule has 4 nitrogen and oxygen atoms in total. The zero-order chi connectivity index (χ0) is 16.5. The van der Waals surface area contributed by atoms with Gasteiger partial charge in [-0.05, 0) is 31.6 Å². The molecule has 0 fully saturated rings. The number of carbonyl (C=O) groups is 1. The second-order valence-electron chi connectivity index (χ2n) is 4.63. The normalized spacial score (nSPS) is 12.5. The van der Waals surface area contributed by atoms with Gasteiger partial charge in [-0.15, -0.1) is 0 Å². The molecule has 1 rings (SSSR count). The van der Waals surface area contributed by atoms with E-state index in [1.807, 2.05) is 13.0 Å². The zero-order valence-corrected chi connectivity index (χ0v) is 12.9. The number of aliphatic hydroxyl groups excluding tert-OH is 1. The molecule has 5 heteroatoms. The summed E-state index contributed by atoms with van der Waals surface area (Å²) >= 11 is 0. The fourth-order valence-electron chi connectivity index (χ4n) is 1.53. The van der Waals surface area contributed by atoms with Crippen molar-refractivity contribution in [3.8, 4) is 5.75 Å². The number of carbonyl (C=O) groups excluding carboxylic acids is 1. The Morgan fingerprint density at radius 1 is 1.41 bits per heavy atom. The van der Waals surface area contributed by atoms with Crippen LogP contribution in [-0.2, 0) is 4.79 Å². The molecule has 0 saturated carbocycles. The molecule has 118 valence electrons. The molecule has 22 heavy (non-hydrogen) atoms. The molecule has 1 aromatic carbocycles. The number of ether oxygens (including phenoxy) is 1. The van der Waals surface area contributed by atoms with Crippen LogP contribution in [0.4, 0.5) is 10.1 Å². The molecule has 0 bridgehead atoms. The van der Waals surface area contributed by atoms with Crippen LogP contribution in [0.25, 0.3) is 0 Å². The first kappa shape index (κ1) is 17.5. The highest BCUT2D eigenvalue weighted by molar-refractivity contribution is 5.90. The molecule has 1 aromatic rings. The lowest BCUT2D eigenvalue weighted by atomic mass is 10.2. The lowest BCUT2D eigenvalue weighted by Gasteiger charge is -2.09. The molecule has 0 aliphatic rings. The van der Waals surface area contributed by atoms with Crippen LogP contribution in [0, 0.1) is 5.82 Å². The number of halogens is 1. The van der Waals surface area contributed by atoms with E-state index in [9.17, 15) is 14.3 Å². The van der Waals surface area contributed by atoms with Crippen LogP contribution in [0.1, 0.15) is 27.2 Å². The number of anilines is 1. The number of nitrogens with one attached hydrogen (secondary N) is 1. The Balaban J connectivity index is 2.90. The number of aliphatic hydroxyl groups is 1. The topological polar surface area (TPSA) is 58.6 Å². The molecule has 0 aliphatic heterocycles. The van der Waals surface area contributed by atoms with E-state index < -0.39 is 5.82 Å². The van der Waals surface area contributed by atoms with Crippen LogP contribution in [0.3, 0.4) is 0 Å². The summed E-state index contributed by atoms with van der Waals surface area (Å²) in [7, 11) is 0. The highest BCUT2D eigenvalue weighted by Crippen LogP contribution is 2.26. The minimum absolute atomic E-state index is 0.0629. The highest BCUT2D eigenvalue weighted by atomic mass is 19.1. The van der Waals surface area contributed by atoms with Crippen LogP contribution in [0.15, 0.2) is 54.0 Å². The molecule has 0 aliphatic carbocycles. The molecule has 0 saturated heterocycles. The van der Waals surface area contributed by atoms with E-state index in [2.05, 4.69) is 5.32 Å². The summed E-state index contributed by atoms with van der Waals surface area (Å²) in [6.45, 7) is 4.99. The Morgan fingerprint density at radius 3 is 2.77 bits per heavy atom. The van der Waals surface area contributed by atoms with E-state index in [1.165, 1.54) is 31.4 Å². The number of hydrogen-bond donors (Lipinski definition) is 2. The molecular weight excluding hydrogens is 285 g/mol. The van der Waals surface area contributed by atoms with Gasteiger partial charge in [0, 0.05) is 18.6 Å². The maximum atomic E-state index is 13.2. The van der Waals surface area contributed by atoms with Crippen molar-refractivity contribution in [1.29, 1.82) is 0 Å². The minimum atomic E-state index is -0.482. The fourth-order valence-corrected chi connectivity index (χ4v) is 1.53. The van der Waals surface area contributed by atoms with Gasteiger partial charge in [0.05, 0.1) is 11.9 Å². The van der Waals surface area contributed by atoms with Gasteiger partial charge < -0.3 is 15.2 Å². The zero-order valence-electron chi connectivity index (χ0n) is 12.9. The van der Waals surface area contributed by atoms with Crippen LogP contribution in [0.2, 0.25) is 0 Å². The summed E-state index contributed by atoms with van der Waals surface area (Å²) in [5.41, 5.74) is 0.727. The summed E-state index contributed by atoms with van der Waals surface area (Å²) in [4.78, 5) is 11.1. The number of rotatable bonds is 6. The van der Waals surface area contributed by atoms with Crippen molar-refractivity contribution < 1.29 is 19.0 Å². The molecule has 0 unspecified atom stereocenters. The summed E-state index contributed by atoms with van der Waals surface area (Å²) in [6, 6.07) is 3.80. The third-order valence-electron chi connectivity index (χ3n) is 2.64. The van der Waals surface area contributed by atoms with E-state index >= 15 is 0 Å². The summed E-state index contributed by atoms with van der Waals surface area (Å²) in [6.07, 6.45) is 7.41. The molecule has 0 heterocycles. The van der Waals surface area contributed by atoms with Gasteiger partial charge in [-0.1, -0.05) is 19.1 Å². The number of benzene rings is 1. The Labute approximate surface area is 129 Å². The highest BCUT2D eigenvalue weighted by Gasteiger charge is 2.07. The van der Waals surface area contributed by atoms with Crippen molar-refractivity contribution in [1.82, 2.24) is 0 Å². The second kappa shape index (κ2) is 8.67. The van der Waals surface area contributed by atoms with Crippen LogP contribution in [-0.4, -0.2) is 11.0 Å². The van der Waals surface area contributed by atoms with Crippen molar-refractivity contribution in [3.05, 3.63) is 59.8 Å². The van der Waals surface area contributed by atoms with Crippen LogP contribution >= 0.6 is 0 Å². The molecular formula is C17H20FNO3. The van der Waals surface area contributed by atoms with Gasteiger partial charge in [-0.25, -0.2) is 4.39 Å². The van der Waals surface area contributed by atoms with E-state index in [1.54, 1.807) is 19.1 Å². The second-order valence-corrected chi connectivity index (χ2v) is 4.63. The number of allylic oxidation sites excluding steroid dienone is 4. The predicted octanol–water partition coefficient (Wildman–Crippen LogP) is 4.47. The Bertz CT molecular complexity index is 618. The largest absolute Gasteiger partial charge is 0.508 e. The minimum Gasteiger partial charge on any atom is -0.508 e. The van der Waals surface area contributed by atoms with Gasteiger partial charge in [0.15, 0.2) is 0 Å². The average Bonchev–Trinajstić information content (AvgIpc) is 2.45. The van der Waals surface area contributed by atoms with Crippen LogP contribution in [0.5, 0.6) is 5.75 Å². The van der Waals surface area contributed by atoms with E-state index in [-0.39, 0.29) is 23.1 Å². The fraction of sp³-hybridized carbons (Fsp3) is 0.235. The quantitative estimate of drug-likeness (QED) is 0.602. The number of hydrogen-bond acceptors (Lipinski definition) is 3. The van der Waals surface area contributed by atoms with Crippen molar-refractivity contribution in [3.63, 3.8) is 0 Å². The van der Waals surface area contributed by atoms with Crippen molar-refractivity contribution in [2.75, 3.05) is 5.32 Å². The van der Waals surface area contributed by atoms with E-state index in [0.29, 0.717) is 5.57 Å². The SMILES string of the molecule is CC\C=C/C=C(O)\C(C)=C\Oc1ccc(F)cc1NC(C)=O. The van der Waals surface area contributed by atoms with Crippen molar-refractivity contribution in [2.24, 2.45) is 0 Å². The third-order valence-corrected chi connectivity index (χ3v) is 2.64. The maximum Gasteiger partial charge on any atom is 0.221 e. The molecule has 0 spiro atoms. The first-order valence-corrected chi connectivity index (χ1v) is 6.90. The van der Waals surface area contributed by atoms with E-state index in [4.69, 9.17) is 4.74 Å². The van der Waals surface area contributed by atoms with Gasteiger partial charge in [0.1, 0.15) is 17.3 Å². The molecule has 0 atom stereocenters. The molecule has 0 aromatic heterocycles. The molecule has 2 N–H and O–H groups in total. The Kier molecular flexibility index (Phi) is 6.89. The van der Waals surface area contributed by atoms with Gasteiger partial charge in [0.2, 0.25) is 5.91 Å². The first-order valence-electron chi connectivity index (χ1n) is 6.90. The first-order chi connectivity index (χ1) is 10.4. The predicted molar refractivity (Wildman–Crippen MR) is 85.2 cm³/mol. The Hall–Kier alpha value is -2.56. The standard InChI is InChI=1S/C17H20FNO3/c1-4-5-6-7-16(21)12(2)11-22-17-9-8-14(18)10-15(17)19-13(3)20/h5-11,21H,4H2,1-3H3,(H,19,20)/b6-5-,12-11+,16-7+. The molecule has 1 amide bonds. The average molecular weight is 305 g/mol.